The van der Waals surface area contributed by atoms with Crippen molar-refractivity contribution < 1.29 is 39.8 Å². The van der Waals surface area contributed by atoms with E-state index in [0.717, 1.165) is 22.5 Å². The van der Waals surface area contributed by atoms with Crippen LogP contribution in [-0.4, -0.2) is 45.1 Å². The lowest BCUT2D eigenvalue weighted by molar-refractivity contribution is -0.0256. The summed E-state index contributed by atoms with van der Waals surface area (Å²) in [6.07, 6.45) is -0.875. The van der Waals surface area contributed by atoms with Gasteiger partial charge in [0.1, 0.15) is 23.4 Å². The second-order valence-corrected chi connectivity index (χ2v) is 7.82. The summed E-state index contributed by atoms with van der Waals surface area (Å²) in [6.45, 7) is -0.875. The molecule has 1 unspecified atom stereocenters. The highest BCUT2D eigenvalue weighted by molar-refractivity contribution is 7.89. The highest BCUT2D eigenvalue weighted by atomic mass is 32.2. The third-order valence-electron chi connectivity index (χ3n) is 4.04. The molecule has 1 aliphatic rings. The van der Waals surface area contributed by atoms with Gasteiger partial charge < -0.3 is 9.47 Å². The average Bonchev–Trinajstić information content (AvgIpc) is 2.67. The van der Waals surface area contributed by atoms with Gasteiger partial charge in [0, 0.05) is 19.2 Å². The van der Waals surface area contributed by atoms with Crippen LogP contribution in [0.1, 0.15) is 0 Å². The zero-order chi connectivity index (χ0) is 20.5. The summed E-state index contributed by atoms with van der Waals surface area (Å²) in [5.41, 5.74) is 0. The molecule has 0 saturated carbocycles. The van der Waals surface area contributed by atoms with Crippen LogP contribution in [0.2, 0.25) is 0 Å². The number of sulfonamides is 1. The fourth-order valence-electron chi connectivity index (χ4n) is 2.63. The number of ether oxygens (including phenoxy) is 2. The van der Waals surface area contributed by atoms with Crippen molar-refractivity contribution in [2.24, 2.45) is 0 Å². The fraction of sp³-hybridized carbons (Fsp3) is 0.294. The SMILES string of the molecule is O=S(=O)(c1ccc(F)c(F)c1F)N1CCOC(COc2cc(F)ccc2F)C1. The summed E-state index contributed by atoms with van der Waals surface area (Å²) >= 11 is 0. The van der Waals surface area contributed by atoms with Crippen LogP contribution in [0.15, 0.2) is 35.2 Å². The Morgan fingerprint density at radius 2 is 1.75 bits per heavy atom. The lowest BCUT2D eigenvalue weighted by Crippen LogP contribution is -2.47. The molecule has 2 aromatic carbocycles. The number of rotatable bonds is 5. The average molecular weight is 423 g/mol. The van der Waals surface area contributed by atoms with Crippen LogP contribution in [0.5, 0.6) is 5.75 Å². The van der Waals surface area contributed by atoms with Crippen molar-refractivity contribution in [1.29, 1.82) is 0 Å². The third kappa shape index (κ3) is 4.10. The van der Waals surface area contributed by atoms with Gasteiger partial charge in [-0.05, 0) is 24.3 Å². The first kappa shape index (κ1) is 20.5. The Bertz CT molecular complexity index is 986. The first-order valence-corrected chi connectivity index (χ1v) is 9.47. The zero-order valence-corrected chi connectivity index (χ0v) is 15.0. The molecule has 0 N–H and O–H groups in total. The largest absolute Gasteiger partial charge is 0.488 e. The van der Waals surface area contributed by atoms with E-state index >= 15 is 0 Å². The zero-order valence-electron chi connectivity index (χ0n) is 14.2. The maximum Gasteiger partial charge on any atom is 0.246 e. The van der Waals surface area contributed by atoms with Crippen LogP contribution in [0.4, 0.5) is 22.0 Å². The van der Waals surface area contributed by atoms with E-state index in [4.69, 9.17) is 9.47 Å². The van der Waals surface area contributed by atoms with E-state index in [1.807, 2.05) is 0 Å². The molecule has 0 spiro atoms. The second-order valence-electron chi connectivity index (χ2n) is 5.92. The molecule has 1 fully saturated rings. The van der Waals surface area contributed by atoms with Crippen molar-refractivity contribution >= 4 is 10.0 Å². The van der Waals surface area contributed by atoms with Gasteiger partial charge in [-0.15, -0.1) is 0 Å². The predicted octanol–water partition coefficient (Wildman–Crippen LogP) is 2.85. The first-order valence-electron chi connectivity index (χ1n) is 8.03. The molecule has 0 aliphatic carbocycles. The standard InChI is InChI=1S/C17H14F5NO4S/c18-10-1-2-12(19)14(7-10)27-9-11-8-23(5-6-26-11)28(24,25)15-4-3-13(20)16(21)17(15)22/h1-4,7,11H,5-6,8-9H2. The van der Waals surface area contributed by atoms with Crippen LogP contribution in [0, 0.1) is 29.1 Å². The van der Waals surface area contributed by atoms with Crippen molar-refractivity contribution in [3.05, 3.63) is 59.4 Å². The van der Waals surface area contributed by atoms with Gasteiger partial charge in [-0.3, -0.25) is 0 Å². The van der Waals surface area contributed by atoms with Gasteiger partial charge in [0.15, 0.2) is 29.0 Å². The minimum Gasteiger partial charge on any atom is -0.488 e. The summed E-state index contributed by atoms with van der Waals surface area (Å²) in [5.74, 6) is -7.14. The molecule has 3 rings (SSSR count). The lowest BCUT2D eigenvalue weighted by Gasteiger charge is -2.32. The summed E-state index contributed by atoms with van der Waals surface area (Å²) in [7, 11) is -4.48. The monoisotopic (exact) mass is 423 g/mol. The summed E-state index contributed by atoms with van der Waals surface area (Å²) in [4.78, 5) is -1.01. The number of morpholine rings is 1. The Hall–Kier alpha value is -2.24. The lowest BCUT2D eigenvalue weighted by atomic mass is 10.3. The van der Waals surface area contributed by atoms with E-state index in [0.29, 0.717) is 12.1 Å². The van der Waals surface area contributed by atoms with Gasteiger partial charge in [-0.2, -0.15) is 4.31 Å². The Labute approximate surface area is 157 Å². The van der Waals surface area contributed by atoms with Gasteiger partial charge in [-0.25, -0.2) is 30.4 Å². The molecule has 152 valence electrons. The summed E-state index contributed by atoms with van der Waals surface area (Å²) < 4.78 is 104. The normalized spacial score (nSPS) is 18.2. The molecule has 1 heterocycles. The van der Waals surface area contributed by atoms with Crippen LogP contribution < -0.4 is 4.74 Å². The fourth-order valence-corrected chi connectivity index (χ4v) is 4.14. The van der Waals surface area contributed by atoms with Crippen molar-refractivity contribution in [3.8, 4) is 5.75 Å². The molecular weight excluding hydrogens is 409 g/mol. The molecule has 5 nitrogen and oxygen atoms in total. The topological polar surface area (TPSA) is 55.8 Å². The van der Waals surface area contributed by atoms with E-state index in [2.05, 4.69) is 0 Å². The molecule has 0 radical (unpaired) electrons. The van der Waals surface area contributed by atoms with E-state index in [-0.39, 0.29) is 32.1 Å². The molecular formula is C17H14F5NO4S. The van der Waals surface area contributed by atoms with Crippen molar-refractivity contribution in [2.45, 2.75) is 11.0 Å². The molecule has 0 bridgehead atoms. The van der Waals surface area contributed by atoms with Crippen LogP contribution in [0.25, 0.3) is 0 Å². The highest BCUT2D eigenvalue weighted by Crippen LogP contribution is 2.25. The molecule has 2 aromatic rings. The van der Waals surface area contributed by atoms with Gasteiger partial charge >= 0.3 is 0 Å². The van der Waals surface area contributed by atoms with Crippen molar-refractivity contribution in [2.75, 3.05) is 26.3 Å². The second kappa shape index (κ2) is 8.02. The highest BCUT2D eigenvalue weighted by Gasteiger charge is 2.34. The molecule has 0 aromatic heterocycles. The molecule has 11 heteroatoms. The van der Waals surface area contributed by atoms with Gasteiger partial charge in [-0.1, -0.05) is 0 Å². The minimum absolute atomic E-state index is 0.0931. The van der Waals surface area contributed by atoms with Gasteiger partial charge in [0.2, 0.25) is 10.0 Å². The quantitative estimate of drug-likeness (QED) is 0.548. The Morgan fingerprint density at radius 1 is 1.04 bits per heavy atom. The Kier molecular flexibility index (Phi) is 5.87. The Balaban J connectivity index is 1.74. The predicted molar refractivity (Wildman–Crippen MR) is 86.7 cm³/mol. The third-order valence-corrected chi connectivity index (χ3v) is 5.92. The van der Waals surface area contributed by atoms with E-state index in [9.17, 15) is 30.4 Å². The minimum atomic E-state index is -4.48. The molecule has 1 atom stereocenters. The Morgan fingerprint density at radius 3 is 2.50 bits per heavy atom. The number of benzene rings is 2. The van der Waals surface area contributed by atoms with Crippen LogP contribution in [-0.2, 0) is 14.8 Å². The van der Waals surface area contributed by atoms with E-state index < -0.39 is 50.1 Å². The van der Waals surface area contributed by atoms with E-state index in [1.165, 1.54) is 0 Å². The summed E-state index contributed by atoms with van der Waals surface area (Å²) in [6, 6.07) is 3.74. The summed E-state index contributed by atoms with van der Waals surface area (Å²) in [5, 5.41) is 0. The van der Waals surface area contributed by atoms with Gasteiger partial charge in [0.05, 0.1) is 6.61 Å². The number of hydrogen-bond donors (Lipinski definition) is 0. The smallest absolute Gasteiger partial charge is 0.246 e. The molecule has 0 amide bonds. The van der Waals surface area contributed by atoms with Crippen LogP contribution >= 0.6 is 0 Å². The van der Waals surface area contributed by atoms with Crippen molar-refractivity contribution in [3.63, 3.8) is 0 Å². The maximum atomic E-state index is 13.9. The molecule has 1 aliphatic heterocycles. The first-order chi connectivity index (χ1) is 13.2. The van der Waals surface area contributed by atoms with E-state index in [1.54, 1.807) is 0 Å². The maximum absolute atomic E-state index is 13.9. The van der Waals surface area contributed by atoms with Gasteiger partial charge in [0.25, 0.3) is 0 Å². The van der Waals surface area contributed by atoms with Crippen molar-refractivity contribution in [1.82, 2.24) is 4.31 Å². The molecule has 28 heavy (non-hydrogen) atoms. The van der Waals surface area contributed by atoms with Crippen LogP contribution in [0.3, 0.4) is 0 Å². The number of hydrogen-bond acceptors (Lipinski definition) is 4. The number of halogens is 5. The molecule has 1 saturated heterocycles. The number of nitrogens with zero attached hydrogens (tertiary/aromatic N) is 1.